The molecular weight excluding hydrogens is 323 g/mol. The molecule has 1 amide bonds. The van der Waals surface area contributed by atoms with Crippen LogP contribution in [0.2, 0.25) is 0 Å². The first kappa shape index (κ1) is 17.6. The molecule has 0 aromatic heterocycles. The zero-order valence-corrected chi connectivity index (χ0v) is 12.7. The van der Waals surface area contributed by atoms with Gasteiger partial charge in [-0.2, -0.15) is 0 Å². The molecule has 0 unspecified atom stereocenters. The topological polar surface area (TPSA) is 47.6 Å². The van der Waals surface area contributed by atoms with Gasteiger partial charge in [-0.15, -0.1) is 0 Å². The van der Waals surface area contributed by atoms with Crippen molar-refractivity contribution in [3.05, 3.63) is 65.5 Å². The van der Waals surface area contributed by atoms with Crippen molar-refractivity contribution in [3.8, 4) is 5.75 Å². The SMILES string of the molecule is COCOc1ccc(/C=C/C(=O)Nc2ccc(F)c(F)c2F)cc1. The number of hydrogen-bond acceptors (Lipinski definition) is 3. The smallest absolute Gasteiger partial charge is 0.248 e. The number of anilines is 1. The van der Waals surface area contributed by atoms with Crippen molar-refractivity contribution in [1.29, 1.82) is 0 Å². The van der Waals surface area contributed by atoms with Crippen LogP contribution in [-0.2, 0) is 9.53 Å². The standard InChI is InChI=1S/C17H14F3NO3/c1-23-10-24-12-5-2-11(3-6-12)4-9-15(22)21-14-8-7-13(18)16(19)17(14)20/h2-9H,10H2,1H3,(H,21,22)/b9-4+. The Morgan fingerprint density at radius 3 is 2.46 bits per heavy atom. The third kappa shape index (κ3) is 4.60. The third-order valence-electron chi connectivity index (χ3n) is 2.94. The zero-order chi connectivity index (χ0) is 17.5. The molecule has 0 heterocycles. The maximum atomic E-state index is 13.5. The Balaban J connectivity index is 1.99. The van der Waals surface area contributed by atoms with Gasteiger partial charge in [-0.05, 0) is 35.9 Å². The molecule has 0 aliphatic carbocycles. The van der Waals surface area contributed by atoms with E-state index in [9.17, 15) is 18.0 Å². The molecule has 0 saturated heterocycles. The summed E-state index contributed by atoms with van der Waals surface area (Å²) in [4.78, 5) is 11.7. The van der Waals surface area contributed by atoms with Crippen molar-refractivity contribution in [3.63, 3.8) is 0 Å². The Morgan fingerprint density at radius 1 is 1.08 bits per heavy atom. The van der Waals surface area contributed by atoms with Crippen molar-refractivity contribution in [2.24, 2.45) is 0 Å². The Labute approximate surface area is 136 Å². The van der Waals surface area contributed by atoms with E-state index in [1.807, 2.05) is 0 Å². The molecule has 24 heavy (non-hydrogen) atoms. The van der Waals surface area contributed by atoms with Crippen molar-refractivity contribution in [1.82, 2.24) is 0 Å². The predicted octanol–water partition coefficient (Wildman–Crippen LogP) is 3.74. The van der Waals surface area contributed by atoms with E-state index < -0.39 is 29.0 Å². The van der Waals surface area contributed by atoms with Crippen molar-refractivity contribution in [2.75, 3.05) is 19.2 Å². The highest BCUT2D eigenvalue weighted by Gasteiger charge is 2.14. The number of ether oxygens (including phenoxy) is 2. The van der Waals surface area contributed by atoms with E-state index in [2.05, 4.69) is 5.32 Å². The normalized spacial score (nSPS) is 10.8. The molecule has 0 fully saturated rings. The molecule has 2 aromatic rings. The molecule has 2 rings (SSSR count). The molecule has 0 radical (unpaired) electrons. The number of benzene rings is 2. The molecule has 0 atom stereocenters. The largest absolute Gasteiger partial charge is 0.468 e. The average molecular weight is 337 g/mol. The van der Waals surface area contributed by atoms with Crippen molar-refractivity contribution < 1.29 is 27.4 Å². The van der Waals surface area contributed by atoms with Gasteiger partial charge in [0.2, 0.25) is 5.91 Å². The van der Waals surface area contributed by atoms with Crippen molar-refractivity contribution >= 4 is 17.7 Å². The van der Waals surface area contributed by atoms with Gasteiger partial charge >= 0.3 is 0 Å². The fourth-order valence-corrected chi connectivity index (χ4v) is 1.77. The molecule has 0 bridgehead atoms. The van der Waals surface area contributed by atoms with E-state index in [4.69, 9.17) is 9.47 Å². The molecule has 4 nitrogen and oxygen atoms in total. The molecule has 1 N–H and O–H groups in total. The van der Waals surface area contributed by atoms with Crippen LogP contribution in [0.5, 0.6) is 5.75 Å². The number of halogens is 3. The van der Waals surface area contributed by atoms with Crippen LogP contribution in [0.1, 0.15) is 5.56 Å². The molecule has 126 valence electrons. The summed E-state index contributed by atoms with van der Waals surface area (Å²) in [5.41, 5.74) is 0.257. The molecule has 0 spiro atoms. The monoisotopic (exact) mass is 337 g/mol. The van der Waals surface area contributed by atoms with Crippen LogP contribution in [0.15, 0.2) is 42.5 Å². The summed E-state index contributed by atoms with van der Waals surface area (Å²) in [6.45, 7) is 0.122. The Kier molecular flexibility index (Phi) is 5.97. The fraction of sp³-hybridized carbons (Fsp3) is 0.118. The van der Waals surface area contributed by atoms with Crippen LogP contribution >= 0.6 is 0 Å². The maximum Gasteiger partial charge on any atom is 0.248 e. The lowest BCUT2D eigenvalue weighted by molar-refractivity contribution is -0.111. The van der Waals surface area contributed by atoms with Crippen LogP contribution in [0.25, 0.3) is 6.08 Å². The second-order valence-electron chi connectivity index (χ2n) is 4.67. The summed E-state index contributed by atoms with van der Waals surface area (Å²) in [6.07, 6.45) is 2.62. The molecular formula is C17H14F3NO3. The van der Waals surface area contributed by atoms with Gasteiger partial charge in [0.15, 0.2) is 24.2 Å². The van der Waals surface area contributed by atoms with Gasteiger partial charge < -0.3 is 14.8 Å². The fourth-order valence-electron chi connectivity index (χ4n) is 1.77. The number of rotatable bonds is 6. The number of carbonyl (C=O) groups is 1. The van der Waals surface area contributed by atoms with Gasteiger partial charge in [0.25, 0.3) is 0 Å². The van der Waals surface area contributed by atoms with Gasteiger partial charge in [0, 0.05) is 13.2 Å². The van der Waals surface area contributed by atoms with E-state index in [1.54, 1.807) is 24.3 Å². The first-order valence-corrected chi connectivity index (χ1v) is 6.85. The second kappa shape index (κ2) is 8.16. The number of nitrogens with one attached hydrogen (secondary N) is 1. The first-order chi connectivity index (χ1) is 11.5. The van der Waals surface area contributed by atoms with Gasteiger partial charge in [0.05, 0.1) is 5.69 Å². The Morgan fingerprint density at radius 2 is 1.79 bits per heavy atom. The van der Waals surface area contributed by atoms with Gasteiger partial charge in [0.1, 0.15) is 5.75 Å². The number of amides is 1. The molecule has 0 saturated carbocycles. The first-order valence-electron chi connectivity index (χ1n) is 6.85. The Bertz CT molecular complexity index is 745. The minimum absolute atomic E-state index is 0.122. The summed E-state index contributed by atoms with van der Waals surface area (Å²) >= 11 is 0. The lowest BCUT2D eigenvalue weighted by atomic mass is 10.2. The van der Waals surface area contributed by atoms with E-state index in [-0.39, 0.29) is 6.79 Å². The number of hydrogen-bond donors (Lipinski definition) is 1. The highest BCUT2D eigenvalue weighted by molar-refractivity contribution is 6.02. The molecule has 0 aliphatic heterocycles. The number of methoxy groups -OCH3 is 1. The minimum Gasteiger partial charge on any atom is -0.468 e. The van der Waals surface area contributed by atoms with E-state index in [0.29, 0.717) is 11.3 Å². The van der Waals surface area contributed by atoms with Crippen molar-refractivity contribution in [2.45, 2.75) is 0 Å². The third-order valence-corrected chi connectivity index (χ3v) is 2.94. The van der Waals surface area contributed by atoms with Gasteiger partial charge in [-0.25, -0.2) is 13.2 Å². The molecule has 0 aliphatic rings. The van der Waals surface area contributed by atoms with Crippen LogP contribution in [-0.4, -0.2) is 19.8 Å². The average Bonchev–Trinajstić information content (AvgIpc) is 2.59. The summed E-state index contributed by atoms with van der Waals surface area (Å²) in [5.74, 6) is -4.49. The van der Waals surface area contributed by atoms with E-state index in [0.717, 1.165) is 18.2 Å². The maximum absolute atomic E-state index is 13.5. The van der Waals surface area contributed by atoms with Crippen LogP contribution in [0.3, 0.4) is 0 Å². The Hall–Kier alpha value is -2.80. The highest BCUT2D eigenvalue weighted by Crippen LogP contribution is 2.19. The highest BCUT2D eigenvalue weighted by atomic mass is 19.2. The van der Waals surface area contributed by atoms with Crippen LogP contribution < -0.4 is 10.1 Å². The van der Waals surface area contributed by atoms with Gasteiger partial charge in [-0.3, -0.25) is 4.79 Å². The summed E-state index contributed by atoms with van der Waals surface area (Å²) in [7, 11) is 1.51. The lowest BCUT2D eigenvalue weighted by Gasteiger charge is -2.05. The summed E-state index contributed by atoms with van der Waals surface area (Å²) < 4.78 is 49.3. The summed E-state index contributed by atoms with van der Waals surface area (Å²) in [6, 6.07) is 8.45. The summed E-state index contributed by atoms with van der Waals surface area (Å²) in [5, 5.41) is 2.14. The zero-order valence-electron chi connectivity index (χ0n) is 12.7. The molecule has 7 heteroatoms. The lowest BCUT2D eigenvalue weighted by Crippen LogP contribution is -2.10. The van der Waals surface area contributed by atoms with E-state index >= 15 is 0 Å². The number of carbonyl (C=O) groups excluding carboxylic acids is 1. The quantitative estimate of drug-likeness (QED) is 0.496. The van der Waals surface area contributed by atoms with E-state index in [1.165, 1.54) is 13.2 Å². The minimum atomic E-state index is -1.64. The predicted molar refractivity (Wildman–Crippen MR) is 82.9 cm³/mol. The second-order valence-corrected chi connectivity index (χ2v) is 4.67. The molecule has 2 aromatic carbocycles. The van der Waals surface area contributed by atoms with Crippen LogP contribution in [0, 0.1) is 17.5 Å². The van der Waals surface area contributed by atoms with Gasteiger partial charge in [-0.1, -0.05) is 12.1 Å². The van der Waals surface area contributed by atoms with Crippen LogP contribution in [0.4, 0.5) is 18.9 Å².